The molecule has 4 aromatic heterocycles. The van der Waals surface area contributed by atoms with E-state index in [0.29, 0.717) is 12.1 Å². The molecule has 8 heteroatoms. The zero-order valence-electron chi connectivity index (χ0n) is 17.0. The van der Waals surface area contributed by atoms with Crippen molar-refractivity contribution in [2.75, 3.05) is 6.54 Å². The number of hydrogen-bond acceptors (Lipinski definition) is 5. The zero-order chi connectivity index (χ0) is 20.5. The standard InChI is InChI=1S/C21H24N6OS/c1-13(12-27-8-7-14(2)24-27)11-22-21(28)16-10-17(18-6-5-9-29-18)23-20-19(16)15(3)25-26(20)4/h5-10,13H,11-12H2,1-4H3,(H,22,28)/t13-/m1/s1. The Balaban J connectivity index is 1.59. The first-order chi connectivity index (χ1) is 13.9. The highest BCUT2D eigenvalue weighted by atomic mass is 32.1. The van der Waals surface area contributed by atoms with Crippen LogP contribution in [0.1, 0.15) is 28.7 Å². The first kappa shape index (κ1) is 19.3. The van der Waals surface area contributed by atoms with Gasteiger partial charge in [-0.15, -0.1) is 11.3 Å². The zero-order valence-corrected chi connectivity index (χ0v) is 17.8. The summed E-state index contributed by atoms with van der Waals surface area (Å²) in [6.07, 6.45) is 1.96. The van der Waals surface area contributed by atoms with Crippen LogP contribution in [0.25, 0.3) is 21.6 Å². The summed E-state index contributed by atoms with van der Waals surface area (Å²) in [7, 11) is 1.86. The lowest BCUT2D eigenvalue weighted by Crippen LogP contribution is -2.30. The number of rotatable bonds is 6. The number of carbonyl (C=O) groups excluding carboxylic acids is 1. The van der Waals surface area contributed by atoms with E-state index in [9.17, 15) is 4.79 Å². The molecule has 29 heavy (non-hydrogen) atoms. The van der Waals surface area contributed by atoms with Crippen LogP contribution >= 0.6 is 11.3 Å². The van der Waals surface area contributed by atoms with Gasteiger partial charge in [-0.2, -0.15) is 10.2 Å². The molecular formula is C21H24N6OS. The molecular weight excluding hydrogens is 384 g/mol. The Morgan fingerprint density at radius 3 is 2.79 bits per heavy atom. The number of carbonyl (C=O) groups is 1. The molecule has 0 aliphatic carbocycles. The van der Waals surface area contributed by atoms with Crippen LogP contribution in [0.5, 0.6) is 0 Å². The van der Waals surface area contributed by atoms with Crippen molar-refractivity contribution < 1.29 is 4.79 Å². The predicted molar refractivity (Wildman–Crippen MR) is 115 cm³/mol. The molecule has 0 saturated carbocycles. The van der Waals surface area contributed by atoms with Gasteiger partial charge in [-0.25, -0.2) is 4.98 Å². The third kappa shape index (κ3) is 3.93. The molecule has 0 fully saturated rings. The number of pyridine rings is 1. The van der Waals surface area contributed by atoms with Crippen molar-refractivity contribution in [2.24, 2.45) is 13.0 Å². The first-order valence-corrected chi connectivity index (χ1v) is 10.5. The molecule has 150 valence electrons. The Morgan fingerprint density at radius 2 is 2.10 bits per heavy atom. The van der Waals surface area contributed by atoms with Crippen molar-refractivity contribution in [3.8, 4) is 10.6 Å². The topological polar surface area (TPSA) is 77.6 Å². The van der Waals surface area contributed by atoms with Gasteiger partial charge in [0.15, 0.2) is 5.65 Å². The second-order valence-corrected chi connectivity index (χ2v) is 8.38. The van der Waals surface area contributed by atoms with Crippen LogP contribution in [0.15, 0.2) is 35.8 Å². The summed E-state index contributed by atoms with van der Waals surface area (Å²) in [5.74, 6) is 0.150. The van der Waals surface area contributed by atoms with E-state index in [1.165, 1.54) is 0 Å². The van der Waals surface area contributed by atoms with Gasteiger partial charge in [0.1, 0.15) is 0 Å². The normalized spacial score (nSPS) is 12.4. The second kappa shape index (κ2) is 7.79. The van der Waals surface area contributed by atoms with Gasteiger partial charge in [0.25, 0.3) is 5.91 Å². The smallest absolute Gasteiger partial charge is 0.252 e. The van der Waals surface area contributed by atoms with E-state index in [-0.39, 0.29) is 11.8 Å². The fraction of sp³-hybridized carbons (Fsp3) is 0.333. The van der Waals surface area contributed by atoms with Crippen molar-refractivity contribution in [3.63, 3.8) is 0 Å². The average Bonchev–Trinajstić information content (AvgIpc) is 3.41. The highest BCUT2D eigenvalue weighted by Gasteiger charge is 2.20. The molecule has 0 radical (unpaired) electrons. The molecule has 0 aliphatic rings. The van der Waals surface area contributed by atoms with E-state index in [0.717, 1.165) is 39.5 Å². The van der Waals surface area contributed by atoms with Crippen LogP contribution in [0.4, 0.5) is 0 Å². The van der Waals surface area contributed by atoms with Crippen LogP contribution < -0.4 is 5.32 Å². The Labute approximate surface area is 173 Å². The summed E-state index contributed by atoms with van der Waals surface area (Å²) < 4.78 is 3.65. The van der Waals surface area contributed by atoms with E-state index in [1.807, 2.05) is 61.4 Å². The van der Waals surface area contributed by atoms with Gasteiger partial charge in [0, 0.05) is 26.3 Å². The number of nitrogens with one attached hydrogen (secondary N) is 1. The minimum absolute atomic E-state index is 0.102. The van der Waals surface area contributed by atoms with Crippen LogP contribution in [0, 0.1) is 19.8 Å². The monoisotopic (exact) mass is 408 g/mol. The van der Waals surface area contributed by atoms with Gasteiger partial charge < -0.3 is 5.32 Å². The minimum Gasteiger partial charge on any atom is -0.352 e. The molecule has 4 rings (SSSR count). The minimum atomic E-state index is -0.102. The highest BCUT2D eigenvalue weighted by molar-refractivity contribution is 7.13. The van der Waals surface area contributed by atoms with Gasteiger partial charge in [-0.3, -0.25) is 14.2 Å². The third-order valence-electron chi connectivity index (χ3n) is 4.87. The summed E-state index contributed by atoms with van der Waals surface area (Å²) in [4.78, 5) is 18.9. The quantitative estimate of drug-likeness (QED) is 0.529. The van der Waals surface area contributed by atoms with Gasteiger partial charge in [0.2, 0.25) is 0 Å². The molecule has 7 nitrogen and oxygen atoms in total. The van der Waals surface area contributed by atoms with Crippen molar-refractivity contribution in [1.82, 2.24) is 29.9 Å². The Kier molecular flexibility index (Phi) is 5.19. The van der Waals surface area contributed by atoms with Gasteiger partial charge in [0.05, 0.1) is 32.9 Å². The molecule has 4 aromatic rings. The Hall–Kier alpha value is -3.00. The van der Waals surface area contributed by atoms with E-state index in [1.54, 1.807) is 16.0 Å². The molecule has 0 aromatic carbocycles. The Bertz CT molecular complexity index is 1160. The summed E-state index contributed by atoms with van der Waals surface area (Å²) in [6.45, 7) is 7.31. The largest absolute Gasteiger partial charge is 0.352 e. The number of aryl methyl sites for hydroxylation is 3. The number of amides is 1. The fourth-order valence-electron chi connectivity index (χ4n) is 3.49. The van der Waals surface area contributed by atoms with Crippen molar-refractivity contribution in [1.29, 1.82) is 0 Å². The van der Waals surface area contributed by atoms with Crippen LogP contribution in [-0.4, -0.2) is 37.0 Å². The number of fused-ring (bicyclic) bond motifs is 1. The number of nitrogens with zero attached hydrogens (tertiary/aromatic N) is 5. The van der Waals surface area contributed by atoms with Gasteiger partial charge >= 0.3 is 0 Å². The maximum absolute atomic E-state index is 13.1. The van der Waals surface area contributed by atoms with Crippen molar-refractivity contribution in [2.45, 2.75) is 27.3 Å². The highest BCUT2D eigenvalue weighted by Crippen LogP contribution is 2.29. The molecule has 0 bridgehead atoms. The molecule has 1 N–H and O–H groups in total. The molecule has 0 unspecified atom stereocenters. The number of thiophene rings is 1. The van der Waals surface area contributed by atoms with Crippen LogP contribution in [0.2, 0.25) is 0 Å². The third-order valence-corrected chi connectivity index (χ3v) is 5.76. The van der Waals surface area contributed by atoms with Gasteiger partial charge in [-0.05, 0) is 43.3 Å². The summed E-state index contributed by atoms with van der Waals surface area (Å²) in [5.41, 5.74) is 3.93. The first-order valence-electron chi connectivity index (χ1n) is 9.59. The van der Waals surface area contributed by atoms with Crippen LogP contribution in [0.3, 0.4) is 0 Å². The maximum Gasteiger partial charge on any atom is 0.252 e. The predicted octanol–water partition coefficient (Wildman–Crippen LogP) is 3.58. The number of hydrogen-bond donors (Lipinski definition) is 1. The maximum atomic E-state index is 13.1. The number of aromatic nitrogens is 5. The molecule has 0 aliphatic heterocycles. The molecule has 0 spiro atoms. The SMILES string of the molecule is Cc1ccn(C[C@H](C)CNC(=O)c2cc(-c3cccs3)nc3c2c(C)nn3C)n1. The summed E-state index contributed by atoms with van der Waals surface area (Å²) in [6, 6.07) is 7.85. The van der Waals surface area contributed by atoms with Gasteiger partial charge in [-0.1, -0.05) is 13.0 Å². The van der Waals surface area contributed by atoms with E-state index >= 15 is 0 Å². The van der Waals surface area contributed by atoms with Crippen molar-refractivity contribution in [3.05, 3.63) is 52.8 Å². The summed E-state index contributed by atoms with van der Waals surface area (Å²) >= 11 is 1.61. The van der Waals surface area contributed by atoms with E-state index in [4.69, 9.17) is 4.98 Å². The second-order valence-electron chi connectivity index (χ2n) is 7.43. The molecule has 4 heterocycles. The lowest BCUT2D eigenvalue weighted by Gasteiger charge is -2.14. The molecule has 0 saturated heterocycles. The Morgan fingerprint density at radius 1 is 1.28 bits per heavy atom. The summed E-state index contributed by atoms with van der Waals surface area (Å²) in [5, 5.41) is 14.8. The fourth-order valence-corrected chi connectivity index (χ4v) is 4.17. The molecule has 1 atom stereocenters. The lowest BCUT2D eigenvalue weighted by molar-refractivity contribution is 0.0948. The van der Waals surface area contributed by atoms with Crippen molar-refractivity contribution >= 4 is 28.3 Å². The average molecular weight is 409 g/mol. The van der Waals surface area contributed by atoms with E-state index < -0.39 is 0 Å². The lowest BCUT2D eigenvalue weighted by atomic mass is 10.1. The van der Waals surface area contributed by atoms with Crippen LogP contribution in [-0.2, 0) is 13.6 Å². The van der Waals surface area contributed by atoms with E-state index in [2.05, 4.69) is 22.4 Å². The molecule has 1 amide bonds.